The molecule has 1 fully saturated rings. The van der Waals surface area contributed by atoms with Crippen LogP contribution in [0.2, 0.25) is 0 Å². The van der Waals surface area contributed by atoms with Gasteiger partial charge in [0, 0.05) is 32.3 Å². The van der Waals surface area contributed by atoms with E-state index in [1.807, 2.05) is 24.0 Å². The summed E-state index contributed by atoms with van der Waals surface area (Å²) < 4.78 is 6.77. The zero-order chi connectivity index (χ0) is 22.9. The molecule has 0 saturated carbocycles. The van der Waals surface area contributed by atoms with Crippen molar-refractivity contribution >= 4 is 49.6 Å². The van der Waals surface area contributed by atoms with Gasteiger partial charge in [0.15, 0.2) is 10.6 Å². The summed E-state index contributed by atoms with van der Waals surface area (Å²) in [5.41, 5.74) is 4.13. The second kappa shape index (κ2) is 8.83. The topological polar surface area (TPSA) is 66.7 Å². The zero-order valence-electron chi connectivity index (χ0n) is 18.7. The molecule has 0 aliphatic carbocycles. The van der Waals surface area contributed by atoms with E-state index in [0.29, 0.717) is 29.6 Å². The van der Waals surface area contributed by atoms with Crippen LogP contribution in [0.5, 0.6) is 0 Å². The van der Waals surface area contributed by atoms with Crippen molar-refractivity contribution in [2.24, 2.45) is 0 Å². The van der Waals surface area contributed by atoms with Crippen molar-refractivity contribution in [3.05, 3.63) is 75.7 Å². The molecule has 168 valence electrons. The molecule has 0 bridgehead atoms. The van der Waals surface area contributed by atoms with E-state index in [2.05, 4.69) is 30.0 Å². The number of thiazole rings is 1. The SMILES string of the molecule is CCc1ccc2nc(N3CCN(C(=O)/C=C/c4coc5ccc(C)cc5c4=O)CC3)sc2c1. The highest BCUT2D eigenvalue weighted by Gasteiger charge is 2.22. The Morgan fingerprint density at radius 2 is 1.97 bits per heavy atom. The highest BCUT2D eigenvalue weighted by Crippen LogP contribution is 2.30. The Morgan fingerprint density at radius 3 is 2.76 bits per heavy atom. The largest absolute Gasteiger partial charge is 0.463 e. The number of rotatable bonds is 4. The second-order valence-electron chi connectivity index (χ2n) is 8.32. The molecule has 0 spiro atoms. The molecule has 2 aromatic heterocycles. The van der Waals surface area contributed by atoms with Crippen LogP contribution < -0.4 is 10.3 Å². The first-order chi connectivity index (χ1) is 16.0. The van der Waals surface area contributed by atoms with Crippen LogP contribution >= 0.6 is 11.3 Å². The van der Waals surface area contributed by atoms with Gasteiger partial charge in [0.2, 0.25) is 5.91 Å². The highest BCUT2D eigenvalue weighted by atomic mass is 32.1. The molecule has 6 nitrogen and oxygen atoms in total. The van der Waals surface area contributed by atoms with Crippen molar-refractivity contribution < 1.29 is 9.21 Å². The molecule has 4 aromatic rings. The predicted octanol–water partition coefficient (Wildman–Crippen LogP) is 4.64. The second-order valence-corrected chi connectivity index (χ2v) is 9.33. The average molecular weight is 460 g/mol. The average Bonchev–Trinajstić information content (AvgIpc) is 3.27. The lowest BCUT2D eigenvalue weighted by Gasteiger charge is -2.34. The van der Waals surface area contributed by atoms with Gasteiger partial charge in [0.25, 0.3) is 0 Å². The Morgan fingerprint density at radius 1 is 1.15 bits per heavy atom. The Hall–Kier alpha value is -3.45. The van der Waals surface area contributed by atoms with E-state index in [-0.39, 0.29) is 11.3 Å². The monoisotopic (exact) mass is 459 g/mol. The minimum atomic E-state index is -0.129. The number of piperazine rings is 1. The number of fused-ring (bicyclic) bond motifs is 2. The molecule has 2 aromatic carbocycles. The van der Waals surface area contributed by atoms with Crippen molar-refractivity contribution in [2.45, 2.75) is 20.3 Å². The first kappa shape index (κ1) is 21.4. The number of hydrogen-bond donors (Lipinski definition) is 0. The Bertz CT molecular complexity index is 1430. The zero-order valence-corrected chi connectivity index (χ0v) is 19.5. The number of hydrogen-bond acceptors (Lipinski definition) is 6. The molecule has 1 amide bonds. The van der Waals surface area contributed by atoms with E-state index in [4.69, 9.17) is 9.40 Å². The fourth-order valence-corrected chi connectivity index (χ4v) is 5.15. The van der Waals surface area contributed by atoms with Gasteiger partial charge >= 0.3 is 0 Å². The third-order valence-corrected chi connectivity index (χ3v) is 7.15. The molecule has 3 heterocycles. The quantitative estimate of drug-likeness (QED) is 0.416. The lowest BCUT2D eigenvalue weighted by molar-refractivity contribution is -0.126. The predicted molar refractivity (Wildman–Crippen MR) is 134 cm³/mol. The molecule has 0 radical (unpaired) electrons. The molecule has 7 heteroatoms. The van der Waals surface area contributed by atoms with Crippen LogP contribution in [-0.4, -0.2) is 42.0 Å². The van der Waals surface area contributed by atoms with Crippen molar-refractivity contribution in [1.29, 1.82) is 0 Å². The van der Waals surface area contributed by atoms with Crippen LogP contribution in [0, 0.1) is 6.92 Å². The number of aromatic nitrogens is 1. The van der Waals surface area contributed by atoms with E-state index in [9.17, 15) is 9.59 Å². The summed E-state index contributed by atoms with van der Waals surface area (Å²) in [5, 5.41) is 1.53. The van der Waals surface area contributed by atoms with E-state index in [1.165, 1.54) is 22.6 Å². The molecule has 0 N–H and O–H groups in total. The number of amides is 1. The molecule has 1 saturated heterocycles. The summed E-state index contributed by atoms with van der Waals surface area (Å²) in [7, 11) is 0. The summed E-state index contributed by atoms with van der Waals surface area (Å²) >= 11 is 1.71. The molecule has 5 rings (SSSR count). The van der Waals surface area contributed by atoms with Crippen LogP contribution in [0.3, 0.4) is 0 Å². The standard InChI is InChI=1S/C26H25N3O3S/c1-3-18-5-7-21-23(15-18)33-26(27-21)29-12-10-28(11-13-29)24(30)9-6-19-16-32-22-8-4-17(2)14-20(22)25(19)31/h4-9,14-16H,3,10-13H2,1-2H3/b9-6+. The molecule has 1 aliphatic rings. The summed E-state index contributed by atoms with van der Waals surface area (Å²) in [4.78, 5) is 34.3. The van der Waals surface area contributed by atoms with Gasteiger partial charge in [-0.15, -0.1) is 0 Å². The lowest BCUT2D eigenvalue weighted by Crippen LogP contribution is -2.48. The maximum atomic E-state index is 12.7. The van der Waals surface area contributed by atoms with Crippen LogP contribution in [0.25, 0.3) is 27.3 Å². The van der Waals surface area contributed by atoms with Crippen molar-refractivity contribution in [3.8, 4) is 0 Å². The van der Waals surface area contributed by atoms with E-state index in [1.54, 1.807) is 23.5 Å². The van der Waals surface area contributed by atoms with Crippen LogP contribution in [0.1, 0.15) is 23.6 Å². The van der Waals surface area contributed by atoms with Crippen molar-refractivity contribution in [3.63, 3.8) is 0 Å². The summed E-state index contributed by atoms with van der Waals surface area (Å²) in [6.07, 6.45) is 5.45. The number of benzene rings is 2. The minimum absolute atomic E-state index is 0.102. The Balaban J connectivity index is 1.25. The highest BCUT2D eigenvalue weighted by molar-refractivity contribution is 7.22. The lowest BCUT2D eigenvalue weighted by atomic mass is 10.1. The molecule has 33 heavy (non-hydrogen) atoms. The first-order valence-electron chi connectivity index (χ1n) is 11.2. The van der Waals surface area contributed by atoms with Gasteiger partial charge in [-0.25, -0.2) is 4.98 Å². The molecule has 0 unspecified atom stereocenters. The van der Waals surface area contributed by atoms with Crippen molar-refractivity contribution in [2.75, 3.05) is 31.1 Å². The molecular formula is C26H25N3O3S. The van der Waals surface area contributed by atoms with Crippen LogP contribution in [0.15, 0.2) is 57.9 Å². The number of carbonyl (C=O) groups excluding carboxylic acids is 1. The number of anilines is 1. The van der Waals surface area contributed by atoms with E-state index in [0.717, 1.165) is 35.7 Å². The van der Waals surface area contributed by atoms with Gasteiger partial charge in [0.1, 0.15) is 11.8 Å². The Kier molecular flexibility index (Phi) is 5.72. The van der Waals surface area contributed by atoms with Gasteiger partial charge in [-0.1, -0.05) is 36.0 Å². The first-order valence-corrected chi connectivity index (χ1v) is 12.0. The fourth-order valence-electron chi connectivity index (χ4n) is 4.07. The van der Waals surface area contributed by atoms with Gasteiger partial charge < -0.3 is 14.2 Å². The smallest absolute Gasteiger partial charge is 0.246 e. The summed E-state index contributed by atoms with van der Waals surface area (Å²) in [6, 6.07) is 11.9. The molecular weight excluding hydrogens is 434 g/mol. The maximum absolute atomic E-state index is 12.7. The molecule has 1 aliphatic heterocycles. The van der Waals surface area contributed by atoms with Crippen molar-refractivity contribution in [1.82, 2.24) is 9.88 Å². The number of carbonyl (C=O) groups is 1. The summed E-state index contributed by atoms with van der Waals surface area (Å²) in [5.74, 6) is -0.102. The van der Waals surface area contributed by atoms with E-state index < -0.39 is 0 Å². The minimum Gasteiger partial charge on any atom is -0.463 e. The van der Waals surface area contributed by atoms with Crippen LogP contribution in [0.4, 0.5) is 5.13 Å². The van der Waals surface area contributed by atoms with Crippen LogP contribution in [-0.2, 0) is 11.2 Å². The number of nitrogens with zero attached hydrogens (tertiary/aromatic N) is 3. The van der Waals surface area contributed by atoms with Gasteiger partial charge in [0.05, 0.1) is 21.2 Å². The summed E-state index contributed by atoms with van der Waals surface area (Å²) in [6.45, 7) is 6.78. The Labute approximate surface area is 195 Å². The third kappa shape index (κ3) is 4.28. The normalized spacial score (nSPS) is 14.6. The maximum Gasteiger partial charge on any atom is 0.246 e. The van der Waals surface area contributed by atoms with Gasteiger partial charge in [-0.05, 0) is 49.2 Å². The van der Waals surface area contributed by atoms with E-state index >= 15 is 0 Å². The van der Waals surface area contributed by atoms with Gasteiger partial charge in [-0.3, -0.25) is 9.59 Å². The number of aryl methyl sites for hydroxylation is 2. The van der Waals surface area contributed by atoms with Gasteiger partial charge in [-0.2, -0.15) is 0 Å². The third-order valence-electron chi connectivity index (χ3n) is 6.07. The molecule has 0 atom stereocenters. The fraction of sp³-hybridized carbons (Fsp3) is 0.269.